The topological polar surface area (TPSA) is 52.3 Å². The molecule has 30 heavy (non-hydrogen) atoms. The van der Waals surface area contributed by atoms with Crippen molar-refractivity contribution in [2.75, 3.05) is 6.61 Å². The number of fused-ring (bicyclic) bond motifs is 1. The van der Waals surface area contributed by atoms with Crippen LogP contribution in [0.2, 0.25) is 0 Å². The summed E-state index contributed by atoms with van der Waals surface area (Å²) in [5, 5.41) is 0. The van der Waals surface area contributed by atoms with Crippen LogP contribution >= 0.6 is 0 Å². The van der Waals surface area contributed by atoms with Crippen LogP contribution in [0.15, 0.2) is 77.2 Å². The van der Waals surface area contributed by atoms with Crippen molar-refractivity contribution < 1.29 is 18.3 Å². The molecule has 0 spiro atoms. The molecule has 0 aliphatic carbocycles. The van der Waals surface area contributed by atoms with E-state index in [-0.39, 0.29) is 17.5 Å². The molecule has 0 amide bonds. The highest BCUT2D eigenvalue weighted by Gasteiger charge is 2.20. The van der Waals surface area contributed by atoms with Gasteiger partial charge in [0.1, 0.15) is 17.1 Å². The molecule has 0 radical (unpaired) electrons. The number of aromatic nitrogens is 1. The molecular weight excluding hydrogens is 381 g/mol. The number of nitrogens with zero attached hydrogens (tertiary/aromatic N) is 1. The lowest BCUT2D eigenvalue weighted by Gasteiger charge is -2.07. The van der Waals surface area contributed by atoms with Crippen LogP contribution in [-0.2, 0) is 0 Å². The Balaban J connectivity index is 1.74. The molecule has 0 saturated heterocycles. The van der Waals surface area contributed by atoms with Crippen molar-refractivity contribution in [1.29, 1.82) is 0 Å². The fourth-order valence-electron chi connectivity index (χ4n) is 3.02. The van der Waals surface area contributed by atoms with Crippen LogP contribution < -0.4 is 4.74 Å². The third kappa shape index (κ3) is 4.30. The molecule has 1 aromatic heterocycles. The van der Waals surface area contributed by atoms with E-state index < -0.39 is 0 Å². The maximum absolute atomic E-state index is 13.3. The van der Waals surface area contributed by atoms with Gasteiger partial charge in [0.15, 0.2) is 11.4 Å². The van der Waals surface area contributed by atoms with E-state index in [0.29, 0.717) is 40.2 Å². The number of oxazole rings is 1. The van der Waals surface area contributed by atoms with Gasteiger partial charge in [-0.15, -0.1) is 0 Å². The van der Waals surface area contributed by atoms with Gasteiger partial charge in [-0.1, -0.05) is 31.2 Å². The van der Waals surface area contributed by atoms with Gasteiger partial charge in [-0.2, -0.15) is 0 Å². The van der Waals surface area contributed by atoms with Gasteiger partial charge in [0.25, 0.3) is 0 Å². The van der Waals surface area contributed by atoms with Crippen LogP contribution in [0.3, 0.4) is 0 Å². The SMILES string of the molecule is CCCOc1ccc(C(=O)/C(=C/c2ccc(F)cc2)c2nc3ccccc3o2)cc1. The van der Waals surface area contributed by atoms with E-state index in [2.05, 4.69) is 4.98 Å². The minimum Gasteiger partial charge on any atom is -0.494 e. The highest BCUT2D eigenvalue weighted by atomic mass is 19.1. The molecule has 3 aromatic carbocycles. The van der Waals surface area contributed by atoms with Gasteiger partial charge >= 0.3 is 0 Å². The average Bonchev–Trinajstić information content (AvgIpc) is 3.21. The van der Waals surface area contributed by atoms with Gasteiger partial charge in [-0.3, -0.25) is 4.79 Å². The zero-order valence-corrected chi connectivity index (χ0v) is 16.5. The van der Waals surface area contributed by atoms with Gasteiger partial charge in [0.05, 0.1) is 12.2 Å². The molecule has 5 heteroatoms. The molecule has 0 unspecified atom stereocenters. The molecule has 0 saturated carbocycles. The average molecular weight is 401 g/mol. The Kier molecular flexibility index (Phi) is 5.70. The van der Waals surface area contributed by atoms with Crippen molar-refractivity contribution >= 4 is 28.5 Å². The number of para-hydroxylation sites is 2. The van der Waals surface area contributed by atoms with E-state index in [4.69, 9.17) is 9.15 Å². The second kappa shape index (κ2) is 8.74. The van der Waals surface area contributed by atoms with Crippen LogP contribution in [0, 0.1) is 5.82 Å². The number of ether oxygens (including phenoxy) is 1. The number of carbonyl (C=O) groups is 1. The normalized spacial score (nSPS) is 11.6. The molecule has 4 rings (SSSR count). The summed E-state index contributed by atoms with van der Waals surface area (Å²) >= 11 is 0. The molecule has 0 aliphatic rings. The maximum atomic E-state index is 13.3. The van der Waals surface area contributed by atoms with Gasteiger partial charge in [-0.25, -0.2) is 9.37 Å². The lowest BCUT2D eigenvalue weighted by molar-refractivity contribution is 0.105. The molecule has 0 N–H and O–H groups in total. The molecular formula is C25H20FNO3. The molecule has 4 aromatic rings. The molecule has 0 bridgehead atoms. The number of carbonyl (C=O) groups excluding carboxylic acids is 1. The Morgan fingerprint density at radius 2 is 1.77 bits per heavy atom. The summed E-state index contributed by atoms with van der Waals surface area (Å²) in [6.07, 6.45) is 2.57. The molecule has 0 aliphatic heterocycles. The predicted octanol–water partition coefficient (Wildman–Crippen LogP) is 6.18. The van der Waals surface area contributed by atoms with Gasteiger partial charge in [0, 0.05) is 5.56 Å². The van der Waals surface area contributed by atoms with Crippen LogP contribution in [-0.4, -0.2) is 17.4 Å². The van der Waals surface area contributed by atoms with E-state index in [0.717, 1.165) is 6.42 Å². The van der Waals surface area contributed by atoms with Gasteiger partial charge in [0.2, 0.25) is 5.89 Å². The molecule has 0 atom stereocenters. The number of benzene rings is 3. The van der Waals surface area contributed by atoms with Crippen molar-refractivity contribution in [1.82, 2.24) is 4.98 Å². The lowest BCUT2D eigenvalue weighted by atomic mass is 10.0. The van der Waals surface area contributed by atoms with E-state index >= 15 is 0 Å². The summed E-state index contributed by atoms with van der Waals surface area (Å²) in [5.74, 6) is 0.341. The quantitative estimate of drug-likeness (QED) is 0.274. The fraction of sp³-hybridized carbons (Fsp3) is 0.120. The van der Waals surface area contributed by atoms with Crippen molar-refractivity contribution in [2.24, 2.45) is 0 Å². The minimum atomic E-state index is -0.343. The first-order chi connectivity index (χ1) is 14.6. The summed E-state index contributed by atoms with van der Waals surface area (Å²) in [6.45, 7) is 2.65. The van der Waals surface area contributed by atoms with Crippen molar-refractivity contribution in [2.45, 2.75) is 13.3 Å². The number of rotatable bonds is 7. The number of Topliss-reactive ketones (excluding diaryl/α,β-unsaturated/α-hetero) is 1. The highest BCUT2D eigenvalue weighted by Crippen LogP contribution is 2.27. The minimum absolute atomic E-state index is 0.219. The summed E-state index contributed by atoms with van der Waals surface area (Å²) in [5.41, 5.74) is 2.70. The first-order valence-electron chi connectivity index (χ1n) is 9.75. The standard InChI is InChI=1S/C25H20FNO3/c1-2-15-29-20-13-9-18(10-14-20)24(28)21(16-17-7-11-19(26)12-8-17)25-27-22-5-3-4-6-23(22)30-25/h3-14,16H,2,15H2,1H3/b21-16-. The summed E-state index contributed by atoms with van der Waals surface area (Å²) in [6, 6.07) is 20.2. The third-order valence-corrected chi connectivity index (χ3v) is 4.54. The Morgan fingerprint density at radius 1 is 1.03 bits per heavy atom. The van der Waals surface area contributed by atoms with Crippen molar-refractivity contribution in [3.63, 3.8) is 0 Å². The van der Waals surface area contributed by atoms with Crippen LogP contribution in [0.25, 0.3) is 22.7 Å². The first-order valence-corrected chi connectivity index (χ1v) is 9.75. The van der Waals surface area contributed by atoms with Crippen LogP contribution in [0.1, 0.15) is 35.2 Å². The Labute approximate surface area is 173 Å². The highest BCUT2D eigenvalue weighted by molar-refractivity contribution is 6.31. The Hall–Kier alpha value is -3.73. The van der Waals surface area contributed by atoms with E-state index in [1.54, 1.807) is 48.5 Å². The van der Waals surface area contributed by atoms with Crippen molar-refractivity contribution in [3.05, 3.63) is 95.6 Å². The van der Waals surface area contributed by atoms with E-state index in [1.165, 1.54) is 12.1 Å². The fourth-order valence-corrected chi connectivity index (χ4v) is 3.02. The molecule has 0 fully saturated rings. The van der Waals surface area contributed by atoms with Crippen molar-refractivity contribution in [3.8, 4) is 5.75 Å². The second-order valence-electron chi connectivity index (χ2n) is 6.80. The van der Waals surface area contributed by atoms with Crippen LogP contribution in [0.4, 0.5) is 4.39 Å². The summed E-state index contributed by atoms with van der Waals surface area (Å²) in [4.78, 5) is 17.8. The number of hydrogen-bond donors (Lipinski definition) is 0. The first kappa shape index (κ1) is 19.6. The van der Waals surface area contributed by atoms with E-state index in [9.17, 15) is 9.18 Å². The largest absolute Gasteiger partial charge is 0.494 e. The Morgan fingerprint density at radius 3 is 2.47 bits per heavy atom. The molecule has 1 heterocycles. The number of halogens is 1. The van der Waals surface area contributed by atoms with Gasteiger partial charge < -0.3 is 9.15 Å². The lowest BCUT2D eigenvalue weighted by Crippen LogP contribution is -2.04. The van der Waals surface area contributed by atoms with Gasteiger partial charge in [-0.05, 0) is 66.6 Å². The predicted molar refractivity (Wildman–Crippen MR) is 115 cm³/mol. The smallest absolute Gasteiger partial charge is 0.231 e. The number of ketones is 1. The summed E-state index contributed by atoms with van der Waals surface area (Å²) < 4.78 is 24.7. The zero-order chi connectivity index (χ0) is 20.9. The molecule has 150 valence electrons. The maximum Gasteiger partial charge on any atom is 0.231 e. The zero-order valence-electron chi connectivity index (χ0n) is 16.5. The third-order valence-electron chi connectivity index (χ3n) is 4.54. The van der Waals surface area contributed by atoms with Crippen LogP contribution in [0.5, 0.6) is 5.75 Å². The number of allylic oxidation sites excluding steroid dienone is 1. The second-order valence-corrected chi connectivity index (χ2v) is 6.80. The molecule has 4 nitrogen and oxygen atoms in total. The monoisotopic (exact) mass is 401 g/mol. The summed E-state index contributed by atoms with van der Waals surface area (Å²) in [7, 11) is 0. The number of hydrogen-bond acceptors (Lipinski definition) is 4. The Bertz CT molecular complexity index is 1160. The van der Waals surface area contributed by atoms with E-state index in [1.807, 2.05) is 25.1 Å².